The van der Waals surface area contributed by atoms with Gasteiger partial charge in [-0.15, -0.1) is 0 Å². The van der Waals surface area contributed by atoms with Crippen LogP contribution in [0.2, 0.25) is 0 Å². The van der Waals surface area contributed by atoms with Crippen LogP contribution in [0.1, 0.15) is 34.3 Å². The van der Waals surface area contributed by atoms with Crippen LogP contribution in [0.25, 0.3) is 0 Å². The molecular formula is C11H12O. The van der Waals surface area contributed by atoms with Gasteiger partial charge in [-0.05, 0) is 25.3 Å². The fourth-order valence-electron chi connectivity index (χ4n) is 1.78. The van der Waals surface area contributed by atoms with E-state index in [0.717, 1.165) is 24.8 Å². The van der Waals surface area contributed by atoms with Crippen molar-refractivity contribution in [3.8, 4) is 0 Å². The Morgan fingerprint density at radius 2 is 2.08 bits per heavy atom. The van der Waals surface area contributed by atoms with Crippen molar-refractivity contribution >= 4 is 5.78 Å². The molecule has 62 valence electrons. The molecule has 0 aliphatic heterocycles. The van der Waals surface area contributed by atoms with Crippen molar-refractivity contribution in [2.24, 2.45) is 0 Å². The van der Waals surface area contributed by atoms with Gasteiger partial charge in [0.2, 0.25) is 0 Å². The summed E-state index contributed by atoms with van der Waals surface area (Å²) in [4.78, 5) is 11.4. The Balaban J connectivity index is 2.53. The van der Waals surface area contributed by atoms with E-state index in [0.29, 0.717) is 5.78 Å². The third kappa shape index (κ3) is 1.15. The molecule has 0 atom stereocenters. The van der Waals surface area contributed by atoms with Crippen LogP contribution < -0.4 is 0 Å². The number of carbonyl (C=O) groups excluding carboxylic acids is 1. The van der Waals surface area contributed by atoms with E-state index in [-0.39, 0.29) is 0 Å². The van der Waals surface area contributed by atoms with Crippen molar-refractivity contribution in [2.75, 3.05) is 0 Å². The topological polar surface area (TPSA) is 17.1 Å². The maximum atomic E-state index is 11.4. The van der Waals surface area contributed by atoms with Crippen molar-refractivity contribution in [3.05, 3.63) is 34.9 Å². The van der Waals surface area contributed by atoms with Crippen LogP contribution in [0.15, 0.2) is 18.2 Å². The molecule has 2 rings (SSSR count). The van der Waals surface area contributed by atoms with Crippen molar-refractivity contribution in [2.45, 2.75) is 26.2 Å². The van der Waals surface area contributed by atoms with E-state index < -0.39 is 0 Å². The van der Waals surface area contributed by atoms with E-state index in [1.807, 2.05) is 12.1 Å². The lowest BCUT2D eigenvalue weighted by Gasteiger charge is -2.14. The second-order valence-electron chi connectivity index (χ2n) is 3.44. The molecule has 0 bridgehead atoms. The molecule has 0 spiro atoms. The highest BCUT2D eigenvalue weighted by Gasteiger charge is 2.15. The second kappa shape index (κ2) is 2.74. The highest BCUT2D eigenvalue weighted by molar-refractivity contribution is 5.98. The van der Waals surface area contributed by atoms with Crippen molar-refractivity contribution in [1.29, 1.82) is 0 Å². The summed E-state index contributed by atoms with van der Waals surface area (Å²) in [5.74, 6) is 0.316. The van der Waals surface area contributed by atoms with Gasteiger partial charge in [0.25, 0.3) is 0 Å². The van der Waals surface area contributed by atoms with E-state index in [1.165, 1.54) is 11.1 Å². The van der Waals surface area contributed by atoms with E-state index in [9.17, 15) is 4.79 Å². The van der Waals surface area contributed by atoms with Crippen molar-refractivity contribution in [3.63, 3.8) is 0 Å². The molecular weight excluding hydrogens is 148 g/mol. The first-order valence-corrected chi connectivity index (χ1v) is 4.40. The molecule has 0 saturated carbocycles. The summed E-state index contributed by atoms with van der Waals surface area (Å²) in [6.45, 7) is 2.07. The largest absolute Gasteiger partial charge is 0.294 e. The molecule has 1 aliphatic carbocycles. The molecule has 0 radical (unpaired) electrons. The summed E-state index contributed by atoms with van der Waals surface area (Å²) in [6.07, 6.45) is 2.83. The highest BCUT2D eigenvalue weighted by atomic mass is 16.1. The zero-order chi connectivity index (χ0) is 8.55. The van der Waals surface area contributed by atoms with Gasteiger partial charge < -0.3 is 0 Å². The van der Waals surface area contributed by atoms with Gasteiger partial charge in [0, 0.05) is 12.0 Å². The summed E-state index contributed by atoms with van der Waals surface area (Å²) in [7, 11) is 0. The lowest BCUT2D eigenvalue weighted by atomic mass is 9.90. The molecule has 12 heavy (non-hydrogen) atoms. The molecule has 0 fully saturated rings. The Kier molecular flexibility index (Phi) is 1.72. The smallest absolute Gasteiger partial charge is 0.163 e. The molecule has 0 aromatic heterocycles. The van der Waals surface area contributed by atoms with E-state index >= 15 is 0 Å². The van der Waals surface area contributed by atoms with Gasteiger partial charge in [-0.3, -0.25) is 4.79 Å². The standard InChI is InChI=1S/C11H12O/c1-8-5-6-10-9(7-8)3-2-4-11(10)12/h5-7H,2-4H2,1H3. The minimum Gasteiger partial charge on any atom is -0.294 e. The fraction of sp³-hybridized carbons (Fsp3) is 0.364. The van der Waals surface area contributed by atoms with Gasteiger partial charge in [0.1, 0.15) is 0 Å². The van der Waals surface area contributed by atoms with Crippen LogP contribution in [0, 0.1) is 6.92 Å². The predicted molar refractivity (Wildman–Crippen MR) is 48.4 cm³/mol. The molecule has 1 aromatic rings. The summed E-state index contributed by atoms with van der Waals surface area (Å²) in [5, 5.41) is 0. The molecule has 1 heteroatoms. The van der Waals surface area contributed by atoms with Gasteiger partial charge >= 0.3 is 0 Å². The van der Waals surface area contributed by atoms with Gasteiger partial charge in [-0.1, -0.05) is 23.8 Å². The van der Waals surface area contributed by atoms with Crippen LogP contribution in [0.3, 0.4) is 0 Å². The molecule has 0 saturated heterocycles. The summed E-state index contributed by atoms with van der Waals surface area (Å²) < 4.78 is 0. The molecule has 0 N–H and O–H groups in total. The number of rotatable bonds is 0. The summed E-state index contributed by atoms with van der Waals surface area (Å²) >= 11 is 0. The highest BCUT2D eigenvalue weighted by Crippen LogP contribution is 2.21. The van der Waals surface area contributed by atoms with Crippen LogP contribution >= 0.6 is 0 Å². The van der Waals surface area contributed by atoms with Crippen LogP contribution in [0.4, 0.5) is 0 Å². The van der Waals surface area contributed by atoms with Gasteiger partial charge in [-0.25, -0.2) is 0 Å². The first-order valence-electron chi connectivity index (χ1n) is 4.40. The lowest BCUT2D eigenvalue weighted by molar-refractivity contribution is 0.0972. The third-order valence-electron chi connectivity index (χ3n) is 2.41. The van der Waals surface area contributed by atoms with E-state index in [4.69, 9.17) is 0 Å². The molecule has 1 aliphatic rings. The number of carbonyl (C=O) groups is 1. The average molecular weight is 160 g/mol. The number of benzene rings is 1. The number of hydrogen-bond acceptors (Lipinski definition) is 1. The quantitative estimate of drug-likeness (QED) is 0.570. The number of aryl methyl sites for hydroxylation is 2. The fourth-order valence-corrected chi connectivity index (χ4v) is 1.78. The Bertz CT molecular complexity index is 326. The average Bonchev–Trinajstić information content (AvgIpc) is 2.04. The van der Waals surface area contributed by atoms with Crippen LogP contribution in [-0.4, -0.2) is 5.78 Å². The van der Waals surface area contributed by atoms with E-state index in [2.05, 4.69) is 13.0 Å². The van der Waals surface area contributed by atoms with Gasteiger partial charge in [0.05, 0.1) is 0 Å². The zero-order valence-corrected chi connectivity index (χ0v) is 7.26. The maximum Gasteiger partial charge on any atom is 0.163 e. The maximum absolute atomic E-state index is 11.4. The van der Waals surface area contributed by atoms with Gasteiger partial charge in [0.15, 0.2) is 5.78 Å². The number of fused-ring (bicyclic) bond motifs is 1. The SMILES string of the molecule is Cc1ccc2c(c1)CCCC2=O. The van der Waals surface area contributed by atoms with Crippen molar-refractivity contribution < 1.29 is 4.79 Å². The molecule has 0 amide bonds. The van der Waals surface area contributed by atoms with Crippen molar-refractivity contribution in [1.82, 2.24) is 0 Å². The first kappa shape index (κ1) is 7.53. The molecule has 1 aromatic carbocycles. The Hall–Kier alpha value is -1.11. The monoisotopic (exact) mass is 160 g/mol. The molecule has 0 unspecified atom stereocenters. The Labute approximate surface area is 72.4 Å². The number of ketones is 1. The predicted octanol–water partition coefficient (Wildman–Crippen LogP) is 2.51. The summed E-state index contributed by atoms with van der Waals surface area (Å²) in [6, 6.07) is 6.11. The van der Waals surface area contributed by atoms with Crippen LogP contribution in [0.5, 0.6) is 0 Å². The third-order valence-corrected chi connectivity index (χ3v) is 2.41. The normalized spacial score (nSPS) is 15.9. The zero-order valence-electron chi connectivity index (χ0n) is 7.26. The minimum atomic E-state index is 0.316. The molecule has 1 nitrogen and oxygen atoms in total. The molecule has 0 heterocycles. The number of Topliss-reactive ketones (excluding diaryl/α,β-unsaturated/α-hetero) is 1. The first-order chi connectivity index (χ1) is 5.77. The lowest BCUT2D eigenvalue weighted by Crippen LogP contribution is -2.10. The Morgan fingerprint density at radius 1 is 1.25 bits per heavy atom. The Morgan fingerprint density at radius 3 is 2.92 bits per heavy atom. The second-order valence-corrected chi connectivity index (χ2v) is 3.44. The van der Waals surface area contributed by atoms with Gasteiger partial charge in [-0.2, -0.15) is 0 Å². The summed E-state index contributed by atoms with van der Waals surface area (Å²) in [5.41, 5.74) is 3.45. The number of hydrogen-bond donors (Lipinski definition) is 0. The van der Waals surface area contributed by atoms with E-state index in [1.54, 1.807) is 0 Å². The minimum absolute atomic E-state index is 0.316. The van der Waals surface area contributed by atoms with Crippen LogP contribution in [-0.2, 0) is 6.42 Å².